The summed E-state index contributed by atoms with van der Waals surface area (Å²) in [4.78, 5) is 49.6. The maximum Gasteiger partial charge on any atom is 0.253 e. The van der Waals surface area contributed by atoms with Crippen LogP contribution in [-0.4, -0.2) is 76.1 Å². The first kappa shape index (κ1) is 32.6. The van der Waals surface area contributed by atoms with E-state index in [1.165, 1.54) is 0 Å². The van der Waals surface area contributed by atoms with Gasteiger partial charge < -0.3 is 24.5 Å². The van der Waals surface area contributed by atoms with Crippen LogP contribution in [0.5, 0.6) is 0 Å². The number of amides is 3. The van der Waals surface area contributed by atoms with Crippen molar-refractivity contribution in [3.63, 3.8) is 0 Å². The minimum Gasteiger partial charge on any atom is -0.394 e. The lowest BCUT2D eigenvalue weighted by molar-refractivity contribution is -0.153. The molecule has 3 aliphatic heterocycles. The number of hydrogen-bond donors (Lipinski definition) is 1. The number of rotatable bonds is 12. The molecule has 1 spiro atoms. The Morgan fingerprint density at radius 2 is 1.71 bits per heavy atom. The van der Waals surface area contributed by atoms with Gasteiger partial charge in [0.15, 0.2) is 0 Å². The number of aryl methyl sites for hydroxylation is 2. The molecule has 240 valence electrons. The van der Waals surface area contributed by atoms with Crippen molar-refractivity contribution in [2.24, 2.45) is 17.8 Å². The second kappa shape index (κ2) is 12.6. The number of aliphatic hydroxyl groups is 1. The predicted molar refractivity (Wildman–Crippen MR) is 175 cm³/mol. The third kappa shape index (κ3) is 5.03. The first-order chi connectivity index (χ1) is 21.5. The minimum atomic E-state index is -1.26. The average Bonchev–Trinajstić information content (AvgIpc) is 3.53. The first-order valence-electron chi connectivity index (χ1n) is 16.1. The van der Waals surface area contributed by atoms with E-state index < -0.39 is 41.7 Å². The van der Waals surface area contributed by atoms with E-state index in [-0.39, 0.29) is 30.2 Å². The number of ether oxygens (including phenoxy) is 1. The molecule has 8 nitrogen and oxygen atoms in total. The van der Waals surface area contributed by atoms with E-state index >= 15 is 4.79 Å². The largest absolute Gasteiger partial charge is 0.394 e. The van der Waals surface area contributed by atoms with Gasteiger partial charge in [0.2, 0.25) is 11.8 Å². The molecule has 3 saturated heterocycles. The van der Waals surface area contributed by atoms with Gasteiger partial charge in [0.05, 0.1) is 30.1 Å². The summed E-state index contributed by atoms with van der Waals surface area (Å²) in [6.07, 6.45) is 4.58. The van der Waals surface area contributed by atoms with Gasteiger partial charge in [-0.05, 0) is 56.2 Å². The quantitative estimate of drug-likeness (QED) is 0.341. The van der Waals surface area contributed by atoms with Crippen molar-refractivity contribution in [3.8, 4) is 0 Å². The summed E-state index contributed by atoms with van der Waals surface area (Å²) in [5.41, 5.74) is 1.10. The highest BCUT2D eigenvalue weighted by Crippen LogP contribution is 2.66. The normalized spacial score (nSPS) is 28.9. The summed E-state index contributed by atoms with van der Waals surface area (Å²) in [6.45, 7) is 18.4. The zero-order chi connectivity index (χ0) is 32.7. The van der Waals surface area contributed by atoms with Crippen molar-refractivity contribution in [3.05, 3.63) is 90.5 Å². The molecule has 0 aromatic heterocycles. The molecule has 0 aliphatic carbocycles. The number of nitrogens with zero attached hydrogens (tertiary/aromatic N) is 3. The van der Waals surface area contributed by atoms with E-state index in [2.05, 4.69) is 13.2 Å². The number of aliphatic hydroxyl groups excluding tert-OH is 1. The summed E-state index contributed by atoms with van der Waals surface area (Å²) in [5, 5.41) is 10.9. The van der Waals surface area contributed by atoms with E-state index in [0.29, 0.717) is 25.1 Å². The minimum absolute atomic E-state index is 0.102. The summed E-state index contributed by atoms with van der Waals surface area (Å²) in [5.74, 6) is -2.57. The maximum atomic E-state index is 15.2. The molecule has 2 aromatic carbocycles. The fourth-order valence-electron chi connectivity index (χ4n) is 8.41. The lowest BCUT2D eigenvalue weighted by atomic mass is 9.62. The van der Waals surface area contributed by atoms with Gasteiger partial charge in [-0.1, -0.05) is 74.5 Å². The highest BCUT2D eigenvalue weighted by atomic mass is 16.5. The summed E-state index contributed by atoms with van der Waals surface area (Å²) >= 11 is 0. The number of carbonyl (C=O) groups is 3. The zero-order valence-electron chi connectivity index (χ0n) is 27.2. The van der Waals surface area contributed by atoms with Gasteiger partial charge in [0.1, 0.15) is 11.6 Å². The Balaban J connectivity index is 1.72. The van der Waals surface area contributed by atoms with Crippen LogP contribution in [0.4, 0.5) is 5.69 Å². The number of anilines is 1. The summed E-state index contributed by atoms with van der Waals surface area (Å²) in [6, 6.07) is 13.3. The molecule has 3 unspecified atom stereocenters. The van der Waals surface area contributed by atoms with Crippen LogP contribution in [0.15, 0.2) is 73.8 Å². The monoisotopic (exact) mass is 613 g/mol. The standard InChI is InChI=1S/C37H47N3O5/c1-8-19-38(20-9-2)33(42)29-30-34(43)40(28(23-41)27-17-12-11-13-18-27)32(37(30)22-26(6)36(29,7)45-37)35(44)39(21-10-3)31-24(4)15-14-16-25(31)5/h8,10-18,26,28-30,32,41H,1,3,9,19-23H2,2,4-7H3/t26?,28-,29-,30+,32?,36+,37?/m1/s1. The van der Waals surface area contributed by atoms with Gasteiger partial charge in [-0.2, -0.15) is 0 Å². The molecule has 1 N–H and O–H groups in total. The molecule has 8 heteroatoms. The molecule has 2 aromatic rings. The van der Waals surface area contributed by atoms with Gasteiger partial charge >= 0.3 is 0 Å². The average molecular weight is 614 g/mol. The third-order valence-electron chi connectivity index (χ3n) is 10.4. The lowest BCUT2D eigenvalue weighted by Crippen LogP contribution is -2.58. The van der Waals surface area contributed by atoms with Crippen LogP contribution in [0, 0.1) is 31.6 Å². The van der Waals surface area contributed by atoms with Crippen LogP contribution < -0.4 is 4.90 Å². The molecule has 3 amide bonds. The Labute approximate surface area is 267 Å². The van der Waals surface area contributed by atoms with Crippen LogP contribution in [0.2, 0.25) is 0 Å². The van der Waals surface area contributed by atoms with Gasteiger partial charge in [-0.3, -0.25) is 14.4 Å². The molecule has 0 saturated carbocycles. The Morgan fingerprint density at radius 1 is 1.07 bits per heavy atom. The number of benzene rings is 2. The predicted octanol–water partition coefficient (Wildman–Crippen LogP) is 4.99. The smallest absolute Gasteiger partial charge is 0.253 e. The topological polar surface area (TPSA) is 90.4 Å². The van der Waals surface area contributed by atoms with Crippen molar-refractivity contribution in [2.75, 3.05) is 31.1 Å². The molecule has 0 radical (unpaired) electrons. The second-order valence-electron chi connectivity index (χ2n) is 13.1. The fourth-order valence-corrected chi connectivity index (χ4v) is 8.41. The number of hydrogen-bond acceptors (Lipinski definition) is 5. The number of likely N-dealkylation sites (tertiary alicyclic amines) is 1. The van der Waals surface area contributed by atoms with E-state index in [1.54, 1.807) is 26.9 Å². The molecule has 3 heterocycles. The number of fused-ring (bicyclic) bond motifs is 1. The molecule has 2 bridgehead atoms. The molecule has 45 heavy (non-hydrogen) atoms. The summed E-state index contributed by atoms with van der Waals surface area (Å²) < 4.78 is 7.02. The van der Waals surface area contributed by atoms with Crippen molar-refractivity contribution >= 4 is 23.4 Å². The molecule has 3 fully saturated rings. The van der Waals surface area contributed by atoms with Gasteiger partial charge in [0.25, 0.3) is 5.91 Å². The summed E-state index contributed by atoms with van der Waals surface area (Å²) in [7, 11) is 0. The second-order valence-corrected chi connectivity index (χ2v) is 13.1. The van der Waals surface area contributed by atoms with Gasteiger partial charge in [-0.15, -0.1) is 13.2 Å². The maximum absolute atomic E-state index is 15.2. The number of carbonyl (C=O) groups excluding carboxylic acids is 3. The van der Waals surface area contributed by atoms with Crippen LogP contribution in [0.1, 0.15) is 56.3 Å². The Bertz CT molecular complexity index is 1460. The van der Waals surface area contributed by atoms with Crippen molar-refractivity contribution in [1.29, 1.82) is 0 Å². The lowest BCUT2D eigenvalue weighted by Gasteiger charge is -2.40. The third-order valence-corrected chi connectivity index (χ3v) is 10.4. The van der Waals surface area contributed by atoms with E-state index in [0.717, 1.165) is 23.2 Å². The Morgan fingerprint density at radius 3 is 2.29 bits per heavy atom. The van der Waals surface area contributed by atoms with E-state index in [9.17, 15) is 14.7 Å². The molecular formula is C37H47N3O5. The SMILES string of the molecule is C=CCN(CCC)C(=O)[C@H]1[C@H]2C(=O)N([C@H](CO)c3ccccc3)C(C(=O)N(CC=C)c3c(C)cccc3C)C23CC(C)[C@]1(C)O3. The van der Waals surface area contributed by atoms with Crippen LogP contribution in [0.25, 0.3) is 0 Å². The first-order valence-corrected chi connectivity index (χ1v) is 16.1. The molecule has 3 aliphatic rings. The van der Waals surface area contributed by atoms with Gasteiger partial charge in [-0.25, -0.2) is 0 Å². The van der Waals surface area contributed by atoms with Crippen LogP contribution in [-0.2, 0) is 19.1 Å². The van der Waals surface area contributed by atoms with E-state index in [4.69, 9.17) is 4.74 Å². The van der Waals surface area contributed by atoms with E-state index in [1.807, 2.05) is 83.1 Å². The van der Waals surface area contributed by atoms with Crippen molar-refractivity contribution in [2.45, 2.75) is 70.7 Å². The van der Waals surface area contributed by atoms with Crippen LogP contribution >= 0.6 is 0 Å². The van der Waals surface area contributed by atoms with Crippen molar-refractivity contribution < 1.29 is 24.2 Å². The fraction of sp³-hybridized carbons (Fsp3) is 0.486. The molecular weight excluding hydrogens is 566 g/mol. The zero-order valence-corrected chi connectivity index (χ0v) is 27.2. The number of para-hydroxylation sites is 1. The Kier molecular flexibility index (Phi) is 9.11. The van der Waals surface area contributed by atoms with Crippen LogP contribution in [0.3, 0.4) is 0 Å². The Hall–Kier alpha value is -3.75. The molecule has 5 rings (SSSR count). The highest BCUT2D eigenvalue weighted by molar-refractivity contribution is 6.06. The highest BCUT2D eigenvalue weighted by Gasteiger charge is 2.80. The molecule has 7 atom stereocenters. The van der Waals surface area contributed by atoms with Crippen molar-refractivity contribution in [1.82, 2.24) is 9.80 Å². The van der Waals surface area contributed by atoms with Gasteiger partial charge in [0, 0.05) is 25.3 Å².